The number of hydrogen-bond acceptors (Lipinski definition) is 20. The molecule has 8 aromatic heterocycles. The van der Waals surface area contributed by atoms with Gasteiger partial charge in [0.15, 0.2) is 80.4 Å². The van der Waals surface area contributed by atoms with E-state index in [2.05, 4.69) is 86.8 Å². The Kier molecular flexibility index (Phi) is 26.1. The molecule has 20 rings (SSSR count). The molecule has 25 nitrogen and oxygen atoms in total. The summed E-state index contributed by atoms with van der Waals surface area (Å²) in [6.45, 7) is 10.5. The molecule has 12 heterocycles. The monoisotopic (exact) mass is 1650 g/mol. The number of ether oxygens (including phenoxy) is 8. The minimum absolute atomic E-state index is 0.0771. The number of rotatable bonds is 28. The van der Waals surface area contributed by atoms with Gasteiger partial charge in [0, 0.05) is 73.1 Å². The molecule has 1 aliphatic carbocycles. The highest BCUT2D eigenvalue weighted by atomic mass is 16.7. The average Bonchev–Trinajstić information content (AvgIpc) is 1.68. The van der Waals surface area contributed by atoms with Gasteiger partial charge < -0.3 is 53.0 Å². The Labute approximate surface area is 716 Å². The van der Waals surface area contributed by atoms with Gasteiger partial charge in [-0.2, -0.15) is 20.4 Å². The number of benzene rings is 7. The molecule has 1 N–H and O–H groups in total. The topological polar surface area (TPSA) is 233 Å². The molecule has 0 unspecified atom stereocenters. The van der Waals surface area contributed by atoms with Crippen LogP contribution in [0.5, 0.6) is 46.0 Å². The van der Waals surface area contributed by atoms with Crippen LogP contribution in [0, 0.1) is 5.92 Å². The Balaban J connectivity index is 0.000000118. The van der Waals surface area contributed by atoms with Crippen LogP contribution < -0.4 is 43.2 Å². The number of aromatic nitrogens is 12. The van der Waals surface area contributed by atoms with Crippen molar-refractivity contribution in [3.8, 4) is 91.0 Å². The van der Waals surface area contributed by atoms with E-state index in [1.807, 2.05) is 195 Å². The van der Waals surface area contributed by atoms with Gasteiger partial charge in [0.1, 0.15) is 31.3 Å². The highest BCUT2D eigenvalue weighted by Gasteiger charge is 2.24. The number of nitrogens with one attached hydrogen (secondary N) is 1. The molecule has 3 fully saturated rings. The SMILES string of the molecule is CN(C)CCNC(=O)c1cccc(Cc2nc3cccc(-c4ccc5c(c4)OCO5)n3n2)c1.COc1cc(Cc2nc3cccc(-c4ccc5c(c4)OCCO5)n3n2)ccc1OCCN1CCCC1.COc1ccc(-c2cccc3nc(CCC4CC4)nn23)cc1.COc1ccc(-c2cccc3nc(Cc4ccc(CCCN5CCCC5)cc4)nn23)cc1. The molecular formula is C98H104N16O9. The number of carbonyl (C=O) groups is 1. The zero-order valence-corrected chi connectivity index (χ0v) is 70.5. The van der Waals surface area contributed by atoms with Crippen LogP contribution in [0.25, 0.3) is 67.6 Å². The molecule has 1 saturated carbocycles. The Morgan fingerprint density at radius 3 is 1.42 bits per heavy atom. The van der Waals surface area contributed by atoms with Gasteiger partial charge in [-0.1, -0.05) is 79.6 Å². The maximum Gasteiger partial charge on any atom is 0.251 e. The predicted molar refractivity (Wildman–Crippen MR) is 475 cm³/mol. The van der Waals surface area contributed by atoms with Gasteiger partial charge in [0.25, 0.3) is 5.91 Å². The van der Waals surface area contributed by atoms with E-state index in [1.54, 1.807) is 21.3 Å². The number of fused-ring (bicyclic) bond motifs is 6. The maximum atomic E-state index is 12.5. The molecule has 7 aromatic carbocycles. The van der Waals surface area contributed by atoms with Gasteiger partial charge in [0.05, 0.1) is 44.1 Å². The third kappa shape index (κ3) is 20.7. The lowest BCUT2D eigenvalue weighted by atomic mass is 10.1. The van der Waals surface area contributed by atoms with Crippen molar-refractivity contribution in [3.05, 3.63) is 276 Å². The average molecular weight is 1650 g/mol. The van der Waals surface area contributed by atoms with Crippen molar-refractivity contribution in [1.82, 2.24) is 78.4 Å². The lowest BCUT2D eigenvalue weighted by molar-refractivity contribution is 0.0950. The van der Waals surface area contributed by atoms with E-state index in [1.165, 1.54) is 95.2 Å². The Morgan fingerprint density at radius 2 is 0.886 bits per heavy atom. The minimum atomic E-state index is -0.0771. The first-order valence-corrected chi connectivity index (χ1v) is 42.8. The molecule has 15 aromatic rings. The fourth-order valence-electron chi connectivity index (χ4n) is 16.0. The van der Waals surface area contributed by atoms with Gasteiger partial charge in [-0.25, -0.2) is 38.0 Å². The number of hydrogen-bond donors (Lipinski definition) is 1. The molecule has 5 aliphatic rings. The van der Waals surface area contributed by atoms with E-state index in [0.717, 1.165) is 180 Å². The predicted octanol–water partition coefficient (Wildman–Crippen LogP) is 16.0. The molecule has 0 radical (unpaired) electrons. The summed E-state index contributed by atoms with van der Waals surface area (Å²) in [6, 6.07) is 74.7. The molecular weight excluding hydrogens is 1550 g/mol. The summed E-state index contributed by atoms with van der Waals surface area (Å²) in [5, 5.41) is 22.0. The van der Waals surface area contributed by atoms with Gasteiger partial charge in [-0.3, -0.25) is 9.69 Å². The van der Waals surface area contributed by atoms with E-state index < -0.39 is 0 Å². The summed E-state index contributed by atoms with van der Waals surface area (Å²) in [6.07, 6.45) is 14.5. The van der Waals surface area contributed by atoms with Crippen molar-refractivity contribution >= 4 is 28.5 Å². The summed E-state index contributed by atoms with van der Waals surface area (Å²) >= 11 is 0. The first-order chi connectivity index (χ1) is 60.4. The standard InChI is InChI=1S/C28H30N4O4.C27H30N4O.C25H25N5O3.C18H19N3O/c1-33-25-17-20(7-9-23(25)34-14-13-31-11-2-3-12-31)18-27-29-28-6-4-5-22(32(28)30-27)21-8-10-24-26(19-21)36-16-15-35-24;1-32-24-15-13-23(14-16-24)25-7-4-8-27-28-26(29-31(25)27)20-22-11-9-21(10-12-22)6-5-19-30-17-2-3-18-30;1-29(2)12-11-26-25(31)19-6-3-5-17(13-19)14-23-27-24-8-4-7-20(30(24)28-23)18-9-10-21-22(15-18)33-16-32-21;1-22-15-10-8-14(9-11-15)16-3-2-4-18-19-17(20-21(16)18)12-7-13-5-6-13/h4-10,17,19H,2-3,11-16,18H2,1H3;4,7-16H,2-3,5-6,17-20H2,1H3;3-10,13,15H,11-12,14,16H2,1-2H3,(H,26,31);2-4,8-11,13H,5-7,12H2,1H3. The number of nitrogens with zero attached hydrogens (tertiary/aromatic N) is 15. The third-order valence-electron chi connectivity index (χ3n) is 22.7. The largest absolute Gasteiger partial charge is 0.497 e. The van der Waals surface area contributed by atoms with Gasteiger partial charge in [-0.15, -0.1) is 0 Å². The quantitative estimate of drug-likeness (QED) is 0.0480. The lowest BCUT2D eigenvalue weighted by Gasteiger charge is -2.19. The highest BCUT2D eigenvalue weighted by Crippen LogP contribution is 2.39. The number of methoxy groups -OCH3 is 3. The number of pyridine rings is 4. The van der Waals surface area contributed by atoms with Crippen LogP contribution >= 0.6 is 0 Å². The van der Waals surface area contributed by atoms with Crippen LogP contribution in [-0.2, 0) is 32.1 Å². The van der Waals surface area contributed by atoms with Crippen LogP contribution in [0.4, 0.5) is 0 Å². The number of carbonyl (C=O) groups excluding carboxylic acids is 1. The molecule has 630 valence electrons. The number of likely N-dealkylation sites (tertiary alicyclic amines) is 2. The number of amides is 1. The summed E-state index contributed by atoms with van der Waals surface area (Å²) in [5.41, 5.74) is 16.8. The summed E-state index contributed by atoms with van der Waals surface area (Å²) in [7, 11) is 8.99. The van der Waals surface area contributed by atoms with Gasteiger partial charge >= 0.3 is 0 Å². The normalized spacial score (nSPS) is 14.1. The van der Waals surface area contributed by atoms with E-state index in [9.17, 15) is 4.79 Å². The Morgan fingerprint density at radius 1 is 0.431 bits per heavy atom. The second-order valence-corrected chi connectivity index (χ2v) is 31.8. The van der Waals surface area contributed by atoms with E-state index in [-0.39, 0.29) is 12.7 Å². The Hall–Kier alpha value is -13.2. The highest BCUT2D eigenvalue weighted by molar-refractivity contribution is 5.94. The maximum absolute atomic E-state index is 12.5. The molecule has 0 spiro atoms. The first-order valence-electron chi connectivity index (χ1n) is 42.8. The molecule has 25 heteroatoms. The summed E-state index contributed by atoms with van der Waals surface area (Å²) in [5.74, 6) is 10.3. The molecule has 0 atom stereocenters. The zero-order chi connectivity index (χ0) is 83.8. The first kappa shape index (κ1) is 82.1. The van der Waals surface area contributed by atoms with Crippen molar-refractivity contribution in [3.63, 3.8) is 0 Å². The van der Waals surface area contributed by atoms with Crippen molar-refractivity contribution in [2.24, 2.45) is 5.92 Å². The zero-order valence-electron chi connectivity index (χ0n) is 70.5. The Bertz CT molecular complexity index is 6090. The van der Waals surface area contributed by atoms with Crippen LogP contribution in [0.3, 0.4) is 0 Å². The van der Waals surface area contributed by atoms with Crippen LogP contribution in [0.15, 0.2) is 224 Å². The van der Waals surface area contributed by atoms with E-state index in [0.29, 0.717) is 50.6 Å². The summed E-state index contributed by atoms with van der Waals surface area (Å²) in [4.78, 5) is 38.4. The van der Waals surface area contributed by atoms with Crippen molar-refractivity contribution in [2.45, 2.75) is 83.5 Å². The van der Waals surface area contributed by atoms with Gasteiger partial charge in [-0.05, 0) is 278 Å². The number of likely N-dealkylation sites (N-methyl/N-ethyl adjacent to an activating group) is 1. The number of aryl methyl sites for hydroxylation is 2. The molecule has 1 amide bonds. The van der Waals surface area contributed by atoms with Crippen molar-refractivity contribution in [2.75, 3.05) is 114 Å². The third-order valence-corrected chi connectivity index (χ3v) is 22.7. The lowest BCUT2D eigenvalue weighted by Crippen LogP contribution is -2.31. The molecule has 123 heavy (non-hydrogen) atoms. The van der Waals surface area contributed by atoms with Gasteiger partial charge in [0.2, 0.25) is 6.79 Å². The fraction of sp³-hybridized carbons (Fsp3) is 0.316. The minimum Gasteiger partial charge on any atom is -0.497 e. The molecule has 0 bridgehead atoms. The molecule has 2 saturated heterocycles. The van der Waals surface area contributed by atoms with Crippen molar-refractivity contribution in [1.29, 1.82) is 0 Å². The summed E-state index contributed by atoms with van der Waals surface area (Å²) < 4.78 is 52.1. The van der Waals surface area contributed by atoms with Crippen LogP contribution in [0.2, 0.25) is 0 Å². The second-order valence-electron chi connectivity index (χ2n) is 31.8. The van der Waals surface area contributed by atoms with Crippen molar-refractivity contribution < 1.29 is 42.7 Å². The smallest absolute Gasteiger partial charge is 0.251 e. The van der Waals surface area contributed by atoms with E-state index in [4.69, 9.17) is 73.2 Å². The molecule has 4 aliphatic heterocycles. The second kappa shape index (κ2) is 39.1. The fourth-order valence-corrected chi connectivity index (χ4v) is 16.0. The van der Waals surface area contributed by atoms with Crippen LogP contribution in [-0.4, -0.2) is 193 Å². The van der Waals surface area contributed by atoms with E-state index >= 15 is 0 Å². The van der Waals surface area contributed by atoms with Crippen LogP contribution in [0.1, 0.15) is 107 Å².